The number of hydrogen-bond donors (Lipinski definition) is 0. The first-order valence-corrected chi connectivity index (χ1v) is 11.9. The number of morpholine rings is 1. The number of nitro benzene ring substituents is 1. The van der Waals surface area contributed by atoms with Gasteiger partial charge < -0.3 is 14.2 Å². The van der Waals surface area contributed by atoms with Crippen molar-refractivity contribution in [2.24, 2.45) is 0 Å². The maximum Gasteiger partial charge on any atom is 0.270 e. The Hall–Kier alpha value is -3.25. The van der Waals surface area contributed by atoms with Crippen LogP contribution in [0.4, 0.5) is 10.8 Å². The average molecular weight is 535 g/mol. The molecule has 0 bridgehead atoms. The predicted molar refractivity (Wildman–Crippen MR) is 142 cm³/mol. The van der Waals surface area contributed by atoms with Gasteiger partial charge in [-0.25, -0.2) is 4.98 Å². The fourth-order valence-corrected chi connectivity index (χ4v) is 4.86. The second-order valence-electron chi connectivity index (χ2n) is 7.77. The smallest absolute Gasteiger partial charge is 0.270 e. The monoisotopic (exact) mass is 534 g/mol. The fraction of sp³-hybridized carbons (Fsp3) is 0.333. The lowest BCUT2D eigenvalue weighted by molar-refractivity contribution is -0.384. The lowest BCUT2D eigenvalue weighted by Crippen LogP contribution is -2.42. The molecule has 1 saturated heterocycles. The van der Waals surface area contributed by atoms with Crippen LogP contribution in [0.15, 0.2) is 42.5 Å². The molecule has 0 spiro atoms. The number of amides is 1. The largest absolute Gasteiger partial charge is 0.495 e. The summed E-state index contributed by atoms with van der Waals surface area (Å²) in [5.74, 6) is 0.968. The van der Waals surface area contributed by atoms with E-state index in [4.69, 9.17) is 19.2 Å². The molecule has 0 saturated carbocycles. The van der Waals surface area contributed by atoms with Crippen molar-refractivity contribution in [3.05, 3.63) is 58.2 Å². The average Bonchev–Trinajstić information content (AvgIpc) is 3.33. The Kier molecular flexibility index (Phi) is 9.59. The van der Waals surface area contributed by atoms with Gasteiger partial charge in [-0.05, 0) is 23.8 Å². The number of anilines is 1. The van der Waals surface area contributed by atoms with E-state index in [2.05, 4.69) is 4.90 Å². The Morgan fingerprint density at radius 2 is 1.94 bits per heavy atom. The van der Waals surface area contributed by atoms with Crippen LogP contribution >= 0.6 is 23.7 Å². The van der Waals surface area contributed by atoms with Crippen LogP contribution in [0.5, 0.6) is 11.5 Å². The Labute approximate surface area is 218 Å². The summed E-state index contributed by atoms with van der Waals surface area (Å²) in [6.07, 6.45) is 2.99. The number of carbonyl (C=O) groups is 1. The number of carbonyl (C=O) groups excluding carboxylic acids is 1. The van der Waals surface area contributed by atoms with E-state index >= 15 is 0 Å². The summed E-state index contributed by atoms with van der Waals surface area (Å²) in [5, 5.41) is 11.6. The van der Waals surface area contributed by atoms with Crippen LogP contribution in [0.1, 0.15) is 5.56 Å². The molecule has 1 aliphatic heterocycles. The highest BCUT2D eigenvalue weighted by molar-refractivity contribution is 7.22. The molecule has 0 N–H and O–H groups in total. The number of non-ortho nitro benzene ring substituents is 1. The van der Waals surface area contributed by atoms with E-state index in [0.29, 0.717) is 54.0 Å². The number of hydrogen-bond acceptors (Lipinski definition) is 9. The van der Waals surface area contributed by atoms with Crippen molar-refractivity contribution in [1.29, 1.82) is 0 Å². The molecule has 3 aromatic rings. The molecular formula is C24H27ClN4O6S. The first kappa shape index (κ1) is 27.3. The number of rotatable bonds is 9. The lowest BCUT2D eigenvalue weighted by atomic mass is 10.2. The van der Waals surface area contributed by atoms with Gasteiger partial charge in [-0.15, -0.1) is 12.4 Å². The molecule has 4 rings (SSSR count). The number of aromatic nitrogens is 1. The van der Waals surface area contributed by atoms with Crippen LogP contribution in [0.3, 0.4) is 0 Å². The van der Waals surface area contributed by atoms with Gasteiger partial charge in [0.25, 0.3) is 11.6 Å². The van der Waals surface area contributed by atoms with Crippen molar-refractivity contribution >= 4 is 56.8 Å². The standard InChI is InChI=1S/C24H26N4O6S.ClH/c1-32-19-7-8-20(33-2)23-22(19)25-24(35-23)27(11-10-26-12-14-34-15-13-26)21(29)9-6-17-4-3-5-18(16-17)28(30)31;/h3-9,16H,10-15H2,1-2H3;1H/b9-6+;. The van der Waals surface area contributed by atoms with Crippen molar-refractivity contribution in [1.82, 2.24) is 9.88 Å². The molecule has 0 atom stereocenters. The molecule has 1 aliphatic rings. The summed E-state index contributed by atoms with van der Waals surface area (Å²) in [4.78, 5) is 32.6. The molecule has 10 nitrogen and oxygen atoms in total. The number of thiazole rings is 1. The summed E-state index contributed by atoms with van der Waals surface area (Å²) >= 11 is 1.35. The van der Waals surface area contributed by atoms with Crippen LogP contribution in [-0.2, 0) is 9.53 Å². The van der Waals surface area contributed by atoms with Crippen LogP contribution in [-0.4, -0.2) is 74.3 Å². The highest BCUT2D eigenvalue weighted by Gasteiger charge is 2.22. The molecule has 0 unspecified atom stereocenters. The molecule has 1 aromatic heterocycles. The van der Waals surface area contributed by atoms with Crippen LogP contribution in [0, 0.1) is 10.1 Å². The zero-order valence-electron chi connectivity index (χ0n) is 19.9. The van der Waals surface area contributed by atoms with E-state index in [1.165, 1.54) is 29.5 Å². The Balaban J connectivity index is 0.00000361. The Bertz CT molecular complexity index is 1200. The third kappa shape index (κ3) is 6.30. The van der Waals surface area contributed by atoms with Gasteiger partial charge in [0.1, 0.15) is 21.7 Å². The number of nitrogens with zero attached hydrogens (tertiary/aromatic N) is 4. The minimum Gasteiger partial charge on any atom is -0.495 e. The molecule has 0 radical (unpaired) electrons. The topological polar surface area (TPSA) is 107 Å². The number of methoxy groups -OCH3 is 2. The second kappa shape index (κ2) is 12.6. The van der Waals surface area contributed by atoms with E-state index in [1.54, 1.807) is 43.4 Å². The summed E-state index contributed by atoms with van der Waals surface area (Å²) in [7, 11) is 3.16. The summed E-state index contributed by atoms with van der Waals surface area (Å²) in [6, 6.07) is 9.73. The van der Waals surface area contributed by atoms with Gasteiger partial charge in [-0.3, -0.25) is 24.7 Å². The molecule has 1 fully saturated rings. The van der Waals surface area contributed by atoms with Crippen LogP contribution < -0.4 is 14.4 Å². The number of nitro groups is 1. The quantitative estimate of drug-likeness (QED) is 0.230. The van der Waals surface area contributed by atoms with Crippen molar-refractivity contribution in [3.8, 4) is 11.5 Å². The number of benzene rings is 2. The number of ether oxygens (including phenoxy) is 3. The maximum atomic E-state index is 13.4. The molecule has 192 valence electrons. The van der Waals surface area contributed by atoms with Gasteiger partial charge in [-0.2, -0.15) is 0 Å². The van der Waals surface area contributed by atoms with Crippen molar-refractivity contribution < 1.29 is 23.9 Å². The van der Waals surface area contributed by atoms with Crippen molar-refractivity contribution in [2.75, 3.05) is 58.5 Å². The van der Waals surface area contributed by atoms with Crippen molar-refractivity contribution in [2.45, 2.75) is 0 Å². The highest BCUT2D eigenvalue weighted by atomic mass is 35.5. The van der Waals surface area contributed by atoms with Gasteiger partial charge in [0.05, 0.1) is 32.4 Å². The molecular weight excluding hydrogens is 508 g/mol. The van der Waals surface area contributed by atoms with Gasteiger partial charge >= 0.3 is 0 Å². The molecule has 36 heavy (non-hydrogen) atoms. The van der Waals surface area contributed by atoms with Crippen molar-refractivity contribution in [3.63, 3.8) is 0 Å². The van der Waals surface area contributed by atoms with Crippen LogP contribution in [0.25, 0.3) is 16.3 Å². The fourth-order valence-electron chi connectivity index (χ4n) is 3.76. The predicted octanol–water partition coefficient (Wildman–Crippen LogP) is 4.02. The van der Waals surface area contributed by atoms with Gasteiger partial charge in [0.2, 0.25) is 0 Å². The Morgan fingerprint density at radius 1 is 1.22 bits per heavy atom. The summed E-state index contributed by atoms with van der Waals surface area (Å²) in [6.45, 7) is 4.00. The van der Waals surface area contributed by atoms with E-state index < -0.39 is 4.92 Å². The van der Waals surface area contributed by atoms with Gasteiger partial charge in [0, 0.05) is 44.4 Å². The normalized spacial score (nSPS) is 13.9. The first-order valence-electron chi connectivity index (χ1n) is 11.1. The van der Waals surface area contributed by atoms with E-state index in [9.17, 15) is 14.9 Å². The van der Waals surface area contributed by atoms with E-state index in [-0.39, 0.29) is 24.0 Å². The Morgan fingerprint density at radius 3 is 2.64 bits per heavy atom. The zero-order valence-corrected chi connectivity index (χ0v) is 21.5. The number of halogens is 1. The molecule has 0 aliphatic carbocycles. The summed E-state index contributed by atoms with van der Waals surface area (Å²) in [5.41, 5.74) is 1.15. The lowest BCUT2D eigenvalue weighted by Gasteiger charge is -2.28. The SMILES string of the molecule is COc1ccc(OC)c2sc(N(CCN3CCOCC3)C(=O)/C=C/c3cccc([N+](=O)[O-])c3)nc12.Cl. The third-order valence-corrected chi connectivity index (χ3v) is 6.73. The molecule has 1 amide bonds. The van der Waals surface area contributed by atoms with E-state index in [0.717, 1.165) is 17.8 Å². The number of fused-ring (bicyclic) bond motifs is 1. The van der Waals surface area contributed by atoms with E-state index in [1.807, 2.05) is 6.07 Å². The van der Waals surface area contributed by atoms with Gasteiger partial charge in [0.15, 0.2) is 5.13 Å². The minimum atomic E-state index is -0.463. The molecule has 12 heteroatoms. The second-order valence-corrected chi connectivity index (χ2v) is 8.75. The summed E-state index contributed by atoms with van der Waals surface area (Å²) < 4.78 is 17.2. The van der Waals surface area contributed by atoms with Crippen LogP contribution in [0.2, 0.25) is 0 Å². The zero-order chi connectivity index (χ0) is 24.8. The van der Waals surface area contributed by atoms with Gasteiger partial charge in [-0.1, -0.05) is 23.5 Å². The molecule has 2 heterocycles. The molecule has 2 aromatic carbocycles. The maximum absolute atomic E-state index is 13.4. The highest BCUT2D eigenvalue weighted by Crippen LogP contribution is 2.40. The third-order valence-electron chi connectivity index (χ3n) is 5.64. The first-order chi connectivity index (χ1) is 17.0. The minimum absolute atomic E-state index is 0.